The van der Waals surface area contributed by atoms with Crippen LogP contribution in [0.5, 0.6) is 0 Å². The highest BCUT2D eigenvalue weighted by Gasteiger charge is 2.55. The van der Waals surface area contributed by atoms with Crippen molar-refractivity contribution in [2.45, 2.75) is 168 Å². The molecule has 0 amide bonds. The van der Waals surface area contributed by atoms with E-state index in [4.69, 9.17) is 37.9 Å². The second-order valence-corrected chi connectivity index (χ2v) is 17.5. The van der Waals surface area contributed by atoms with Crippen LogP contribution in [-0.2, 0) is 37.9 Å². The number of hydrogen-bond donors (Lipinski definition) is 14. The van der Waals surface area contributed by atoms with Crippen LogP contribution < -0.4 is 0 Å². The van der Waals surface area contributed by atoms with Gasteiger partial charge in [0.25, 0.3) is 0 Å². The molecule has 1 saturated carbocycles. The van der Waals surface area contributed by atoms with Gasteiger partial charge < -0.3 is 109 Å². The Morgan fingerprint density at radius 2 is 1.11 bits per heavy atom. The minimum Gasteiger partial charge on any atom is -0.394 e. The van der Waals surface area contributed by atoms with E-state index in [1.807, 2.05) is 13.0 Å². The van der Waals surface area contributed by atoms with Crippen LogP contribution in [0.2, 0.25) is 0 Å². The maximum atomic E-state index is 10.9. The first kappa shape index (κ1) is 49.0. The lowest BCUT2D eigenvalue weighted by Gasteiger charge is -2.50. The highest BCUT2D eigenvalue weighted by molar-refractivity contribution is 5.20. The minimum absolute atomic E-state index is 0.00157. The summed E-state index contributed by atoms with van der Waals surface area (Å²) in [5.74, 6) is 0.0918. The molecule has 0 spiro atoms. The third-order valence-corrected chi connectivity index (χ3v) is 13.3. The van der Waals surface area contributed by atoms with E-state index in [1.165, 1.54) is 0 Å². The summed E-state index contributed by atoms with van der Waals surface area (Å²) in [7, 11) is 0. The van der Waals surface area contributed by atoms with Crippen molar-refractivity contribution in [3.05, 3.63) is 23.8 Å². The summed E-state index contributed by atoms with van der Waals surface area (Å²) in [4.78, 5) is 0. The molecule has 0 radical (unpaired) electrons. The molecule has 24 atom stereocenters. The summed E-state index contributed by atoms with van der Waals surface area (Å²) in [6, 6.07) is 0. The van der Waals surface area contributed by atoms with Gasteiger partial charge in [0.15, 0.2) is 25.2 Å². The molecule has 61 heavy (non-hydrogen) atoms. The van der Waals surface area contributed by atoms with Crippen LogP contribution in [0.25, 0.3) is 0 Å². The first-order valence-electron chi connectivity index (χ1n) is 20.7. The van der Waals surface area contributed by atoms with Gasteiger partial charge in [-0.15, -0.1) is 0 Å². The number of aliphatic hydroxyl groups is 14. The van der Waals surface area contributed by atoms with Crippen molar-refractivity contribution >= 4 is 0 Å². The molecule has 0 bridgehead atoms. The van der Waals surface area contributed by atoms with Gasteiger partial charge in [0.1, 0.15) is 97.7 Å². The van der Waals surface area contributed by atoms with E-state index in [-0.39, 0.29) is 23.9 Å². The van der Waals surface area contributed by atoms with Crippen molar-refractivity contribution in [1.82, 2.24) is 0 Å². The second-order valence-electron chi connectivity index (χ2n) is 17.5. The molecule has 6 aliphatic rings. The van der Waals surface area contributed by atoms with E-state index < -0.39 is 155 Å². The second kappa shape index (κ2) is 20.4. The molecule has 22 nitrogen and oxygen atoms in total. The first-order chi connectivity index (χ1) is 28.9. The Hall–Kier alpha value is -1.40. The Balaban J connectivity index is 0.999. The van der Waals surface area contributed by atoms with Crippen LogP contribution in [0.4, 0.5) is 0 Å². The maximum absolute atomic E-state index is 10.9. The fraction of sp³-hybridized carbons (Fsp3) is 0.897. The predicted octanol–water partition coefficient (Wildman–Crippen LogP) is -6.03. The summed E-state index contributed by atoms with van der Waals surface area (Å²) in [5.41, 5.74) is 1.48. The number of ether oxygens (including phenoxy) is 8. The van der Waals surface area contributed by atoms with Gasteiger partial charge in [-0.3, -0.25) is 0 Å². The SMILES string of the molecule is C=C(CO[C@@H]1O[C@@H]([C@@H](CO)O[C@@H]2O[C@@H]([C@H](O)CO)[C@H](O)[C@H]2O)[C@H](O)[C@H]1O)[C@H]1CC[C@@]2(C)C[C@@H](O[C@@H]3O[C@@H]([C@@H](CO)O[C@@H]4O[C@@H]([C@H](O)CO)[C@H](O)[C@H]4O)[C@H](O)[C@H]3O)C=C(C)[C@@H]2C1. The number of allylic oxidation sites excluding steroid dienone is 1. The molecule has 0 unspecified atom stereocenters. The van der Waals surface area contributed by atoms with Gasteiger partial charge in [-0.05, 0) is 55.4 Å². The average molecular weight is 885 g/mol. The summed E-state index contributed by atoms with van der Waals surface area (Å²) in [6.07, 6.45) is -25.8. The molecule has 0 aromatic rings. The van der Waals surface area contributed by atoms with E-state index in [9.17, 15) is 71.5 Å². The lowest BCUT2D eigenvalue weighted by atomic mass is 9.57. The van der Waals surface area contributed by atoms with Crippen LogP contribution in [0.1, 0.15) is 39.5 Å². The molecule has 6 rings (SSSR count). The van der Waals surface area contributed by atoms with Gasteiger partial charge in [0, 0.05) is 0 Å². The van der Waals surface area contributed by atoms with E-state index in [0.29, 0.717) is 12.8 Å². The third-order valence-electron chi connectivity index (χ3n) is 13.3. The fourth-order valence-corrected chi connectivity index (χ4v) is 9.62. The Kier molecular flexibility index (Phi) is 16.4. The largest absolute Gasteiger partial charge is 0.394 e. The molecule has 22 heteroatoms. The van der Waals surface area contributed by atoms with Crippen LogP contribution in [0.3, 0.4) is 0 Å². The summed E-state index contributed by atoms with van der Waals surface area (Å²) >= 11 is 0. The molecule has 4 saturated heterocycles. The monoisotopic (exact) mass is 884 g/mol. The Morgan fingerprint density at radius 1 is 0.672 bits per heavy atom. The molecule has 2 aliphatic carbocycles. The zero-order valence-electron chi connectivity index (χ0n) is 34.0. The van der Waals surface area contributed by atoms with Gasteiger partial charge in [-0.1, -0.05) is 25.2 Å². The van der Waals surface area contributed by atoms with Crippen LogP contribution in [-0.4, -0.2) is 233 Å². The van der Waals surface area contributed by atoms with E-state index in [1.54, 1.807) is 0 Å². The van der Waals surface area contributed by atoms with Crippen molar-refractivity contribution < 1.29 is 109 Å². The minimum atomic E-state index is -1.67. The van der Waals surface area contributed by atoms with Gasteiger partial charge in [-0.2, -0.15) is 0 Å². The quantitative estimate of drug-likeness (QED) is 0.0570. The average Bonchev–Trinajstić information content (AvgIpc) is 3.89. The number of aliphatic hydroxyl groups excluding tert-OH is 14. The van der Waals surface area contributed by atoms with Crippen molar-refractivity contribution in [1.29, 1.82) is 0 Å². The standard InChI is InChI=1S/C39H64O22/c1-14-6-17(55-36-30(53)26(49)34(61-36)22(12-43)57-38-29(52)24(47)32(59-38)20(45)10-41)8-39(3)5-4-16(7-18(14)39)15(2)13-54-35-27(50)25(48)33(60-35)21(11-42)56-37-28(51)23(46)31(58-37)19(44)9-40/h6,16-38,40-53H,2,4-5,7-13H2,1,3H3/t16-,17-,18-,19+,20+,21+,22+,23+,24+,25+,26+,27+,28+,29+,30+,31-,32-,33-,34-,35+,36+,37+,38+,39-/m0/s1. The Morgan fingerprint density at radius 3 is 1.61 bits per heavy atom. The Labute approximate surface area is 351 Å². The molecule has 5 fully saturated rings. The topological polar surface area (TPSA) is 357 Å². The number of fused-ring (bicyclic) bond motifs is 1. The number of hydrogen-bond acceptors (Lipinski definition) is 22. The molecule has 352 valence electrons. The van der Waals surface area contributed by atoms with Gasteiger partial charge in [0.05, 0.1) is 39.1 Å². The van der Waals surface area contributed by atoms with E-state index in [0.717, 1.165) is 24.0 Å². The summed E-state index contributed by atoms with van der Waals surface area (Å²) in [5, 5.41) is 143. The normalized spacial score (nSPS) is 47.2. The van der Waals surface area contributed by atoms with Gasteiger partial charge >= 0.3 is 0 Å². The zero-order chi connectivity index (χ0) is 44.7. The lowest BCUT2D eigenvalue weighted by Crippen LogP contribution is -2.46. The number of rotatable bonds is 18. The fourth-order valence-electron chi connectivity index (χ4n) is 9.62. The van der Waals surface area contributed by atoms with Gasteiger partial charge in [-0.25, -0.2) is 0 Å². The molecule has 0 aromatic heterocycles. The van der Waals surface area contributed by atoms with Crippen LogP contribution in [0.15, 0.2) is 23.8 Å². The molecular weight excluding hydrogens is 820 g/mol. The molecular formula is C39H64O22. The van der Waals surface area contributed by atoms with Crippen LogP contribution >= 0.6 is 0 Å². The molecule has 4 aliphatic heterocycles. The van der Waals surface area contributed by atoms with Crippen LogP contribution in [0, 0.1) is 17.3 Å². The van der Waals surface area contributed by atoms with Gasteiger partial charge in [0.2, 0.25) is 0 Å². The van der Waals surface area contributed by atoms with Crippen molar-refractivity contribution in [2.75, 3.05) is 33.0 Å². The highest BCUT2D eigenvalue weighted by atomic mass is 16.8. The highest BCUT2D eigenvalue weighted by Crippen LogP contribution is 2.54. The zero-order valence-corrected chi connectivity index (χ0v) is 34.0. The molecule has 0 aromatic carbocycles. The van der Waals surface area contributed by atoms with Crippen molar-refractivity contribution in [3.8, 4) is 0 Å². The van der Waals surface area contributed by atoms with E-state index in [2.05, 4.69) is 13.5 Å². The molecule has 4 heterocycles. The Bertz CT molecular complexity index is 1470. The summed E-state index contributed by atoms with van der Waals surface area (Å²) < 4.78 is 45.7. The first-order valence-corrected chi connectivity index (χ1v) is 20.7. The lowest BCUT2D eigenvalue weighted by molar-refractivity contribution is -0.247. The predicted molar refractivity (Wildman–Crippen MR) is 200 cm³/mol. The smallest absolute Gasteiger partial charge is 0.187 e. The summed E-state index contributed by atoms with van der Waals surface area (Å²) in [6.45, 7) is 5.28. The third kappa shape index (κ3) is 10.1. The maximum Gasteiger partial charge on any atom is 0.187 e. The van der Waals surface area contributed by atoms with Crippen molar-refractivity contribution in [3.63, 3.8) is 0 Å². The van der Waals surface area contributed by atoms with Crippen molar-refractivity contribution in [2.24, 2.45) is 17.3 Å². The molecule has 14 N–H and O–H groups in total. The van der Waals surface area contributed by atoms with E-state index >= 15 is 0 Å².